The van der Waals surface area contributed by atoms with E-state index in [9.17, 15) is 16.8 Å². The predicted octanol–water partition coefficient (Wildman–Crippen LogP) is 3.94. The molecule has 3 aliphatic heterocycles. The Morgan fingerprint density at radius 1 is 0.816 bits per heavy atom. The van der Waals surface area contributed by atoms with Crippen molar-refractivity contribution in [3.8, 4) is 5.75 Å². The number of sulfonamides is 2. The van der Waals surface area contributed by atoms with Crippen molar-refractivity contribution in [3.05, 3.63) is 22.8 Å². The van der Waals surface area contributed by atoms with Gasteiger partial charge in [0.05, 0.1) is 17.8 Å². The summed E-state index contributed by atoms with van der Waals surface area (Å²) in [6.07, 6.45) is 7.80. The van der Waals surface area contributed by atoms with Crippen molar-refractivity contribution in [1.29, 1.82) is 0 Å². The van der Waals surface area contributed by atoms with Crippen molar-refractivity contribution < 1.29 is 21.6 Å². The molecule has 0 amide bonds. The number of ether oxygens (including phenoxy) is 1. The van der Waals surface area contributed by atoms with Crippen LogP contribution in [-0.2, 0) is 20.0 Å². The number of rotatable bonds is 10. The van der Waals surface area contributed by atoms with Crippen molar-refractivity contribution in [3.63, 3.8) is 0 Å². The maximum absolute atomic E-state index is 13.7. The summed E-state index contributed by atoms with van der Waals surface area (Å²) in [4.78, 5) is 2.89. The van der Waals surface area contributed by atoms with Crippen molar-refractivity contribution in [2.45, 2.75) is 77.0 Å². The number of benzene rings is 1. The van der Waals surface area contributed by atoms with Crippen LogP contribution >= 0.6 is 0 Å². The van der Waals surface area contributed by atoms with Gasteiger partial charge in [0.1, 0.15) is 5.75 Å². The third kappa shape index (κ3) is 6.74. The highest BCUT2D eigenvalue weighted by Gasteiger charge is 2.35. The van der Waals surface area contributed by atoms with Crippen molar-refractivity contribution in [2.24, 2.45) is 11.8 Å². The van der Waals surface area contributed by atoms with E-state index in [-0.39, 0.29) is 11.7 Å². The zero-order valence-electron chi connectivity index (χ0n) is 23.7. The standard InChI is InChI=1S/C28H47N3O5S2/c1-22-20-27(36-4)23(2)24(3)28(22)38(34,35)31-15-7-8-26(21-31)12-19-37(32,33)30-17-10-25(11-18-30)9-16-29-13-5-6-14-29/h20,25-26H,5-19,21H2,1-4H3. The van der Waals surface area contributed by atoms with Crippen LogP contribution in [0.3, 0.4) is 0 Å². The molecule has 0 spiro atoms. The van der Waals surface area contributed by atoms with E-state index in [4.69, 9.17) is 4.74 Å². The monoisotopic (exact) mass is 569 g/mol. The number of likely N-dealkylation sites (tertiary alicyclic amines) is 1. The van der Waals surface area contributed by atoms with Gasteiger partial charge in [0.25, 0.3) is 0 Å². The maximum atomic E-state index is 13.7. The molecule has 1 atom stereocenters. The van der Waals surface area contributed by atoms with Gasteiger partial charge < -0.3 is 9.64 Å². The van der Waals surface area contributed by atoms with Gasteiger partial charge in [-0.1, -0.05) is 0 Å². The van der Waals surface area contributed by atoms with Crippen molar-refractivity contribution in [1.82, 2.24) is 13.5 Å². The minimum absolute atomic E-state index is 0.0475. The minimum atomic E-state index is -3.68. The molecule has 0 bridgehead atoms. The molecule has 0 N–H and O–H groups in total. The Kier molecular flexibility index (Phi) is 9.83. The second-order valence-corrected chi connectivity index (χ2v) is 15.6. The number of hydrogen-bond acceptors (Lipinski definition) is 6. The fourth-order valence-electron chi connectivity index (χ4n) is 6.53. The lowest BCUT2D eigenvalue weighted by Crippen LogP contribution is -2.43. The van der Waals surface area contributed by atoms with Gasteiger partial charge in [-0.3, -0.25) is 0 Å². The molecular formula is C28H47N3O5S2. The molecule has 10 heteroatoms. The lowest BCUT2D eigenvalue weighted by molar-refractivity contribution is 0.230. The van der Waals surface area contributed by atoms with Crippen LogP contribution < -0.4 is 4.74 Å². The van der Waals surface area contributed by atoms with E-state index in [0.717, 1.165) is 43.4 Å². The zero-order valence-corrected chi connectivity index (χ0v) is 25.4. The van der Waals surface area contributed by atoms with Crippen LogP contribution in [-0.4, -0.2) is 89.0 Å². The van der Waals surface area contributed by atoms with E-state index in [1.807, 2.05) is 20.8 Å². The smallest absolute Gasteiger partial charge is 0.243 e. The molecule has 0 aromatic heterocycles. The molecule has 0 saturated carbocycles. The van der Waals surface area contributed by atoms with Gasteiger partial charge in [0.15, 0.2) is 0 Å². The predicted molar refractivity (Wildman–Crippen MR) is 152 cm³/mol. The molecular weight excluding hydrogens is 522 g/mol. The summed E-state index contributed by atoms with van der Waals surface area (Å²) in [5, 5.41) is 0. The van der Waals surface area contributed by atoms with E-state index in [0.29, 0.717) is 54.7 Å². The van der Waals surface area contributed by atoms with Gasteiger partial charge in [-0.25, -0.2) is 21.1 Å². The molecule has 4 rings (SSSR count). The maximum Gasteiger partial charge on any atom is 0.243 e. The molecule has 8 nitrogen and oxygen atoms in total. The van der Waals surface area contributed by atoms with Crippen molar-refractivity contribution in [2.75, 3.05) is 58.7 Å². The normalized spacial score (nSPS) is 23.2. The molecule has 3 heterocycles. The SMILES string of the molecule is COc1cc(C)c(S(=O)(=O)N2CCCC(CCS(=O)(=O)N3CCC(CCN4CCCC4)CC3)C2)c(C)c1C. The Morgan fingerprint density at radius 2 is 1.50 bits per heavy atom. The van der Waals surface area contributed by atoms with Crippen LogP contribution in [0.2, 0.25) is 0 Å². The van der Waals surface area contributed by atoms with Crippen LogP contribution in [0, 0.1) is 32.6 Å². The number of hydrogen-bond donors (Lipinski definition) is 0. The fourth-order valence-corrected chi connectivity index (χ4v) is 10.2. The van der Waals surface area contributed by atoms with Gasteiger partial charge >= 0.3 is 0 Å². The molecule has 0 aliphatic carbocycles. The largest absolute Gasteiger partial charge is 0.496 e. The molecule has 3 aliphatic rings. The van der Waals surface area contributed by atoms with Gasteiger partial charge in [-0.2, -0.15) is 4.31 Å². The number of methoxy groups -OCH3 is 1. The summed E-state index contributed by atoms with van der Waals surface area (Å²) in [5.41, 5.74) is 2.23. The Bertz CT molecular complexity index is 1170. The van der Waals surface area contributed by atoms with Crippen LogP contribution in [0.15, 0.2) is 11.0 Å². The first kappa shape index (κ1) is 29.8. The lowest BCUT2D eigenvalue weighted by atomic mass is 9.94. The average Bonchev–Trinajstić information content (AvgIpc) is 3.42. The molecule has 1 unspecified atom stereocenters. The third-order valence-electron chi connectivity index (χ3n) is 9.08. The quantitative estimate of drug-likeness (QED) is 0.424. The first-order valence-corrected chi connectivity index (χ1v) is 17.4. The van der Waals surface area contributed by atoms with E-state index in [2.05, 4.69) is 4.90 Å². The van der Waals surface area contributed by atoms with Crippen LogP contribution in [0.25, 0.3) is 0 Å². The van der Waals surface area contributed by atoms with Gasteiger partial charge in [0.2, 0.25) is 20.0 Å². The summed E-state index contributed by atoms with van der Waals surface area (Å²) in [6, 6.07) is 1.79. The first-order valence-electron chi connectivity index (χ1n) is 14.4. The first-order chi connectivity index (χ1) is 18.0. The molecule has 3 saturated heterocycles. The Morgan fingerprint density at radius 3 is 2.16 bits per heavy atom. The zero-order chi connectivity index (χ0) is 27.5. The summed E-state index contributed by atoms with van der Waals surface area (Å²) in [6.45, 7) is 11.2. The molecule has 1 aromatic carbocycles. The van der Waals surface area contributed by atoms with Gasteiger partial charge in [-0.15, -0.1) is 0 Å². The summed E-state index contributed by atoms with van der Waals surface area (Å²) in [5.74, 6) is 1.46. The Balaban J connectivity index is 1.31. The molecule has 216 valence electrons. The molecule has 0 radical (unpaired) electrons. The summed E-state index contributed by atoms with van der Waals surface area (Å²) in [7, 11) is -5.42. The summed E-state index contributed by atoms with van der Waals surface area (Å²) >= 11 is 0. The Hall–Kier alpha value is -1.20. The molecule has 1 aromatic rings. The van der Waals surface area contributed by atoms with E-state index < -0.39 is 20.0 Å². The van der Waals surface area contributed by atoms with E-state index in [1.165, 1.54) is 32.4 Å². The highest BCUT2D eigenvalue weighted by Crippen LogP contribution is 2.34. The van der Waals surface area contributed by atoms with Crippen LogP contribution in [0.5, 0.6) is 5.75 Å². The third-order valence-corrected chi connectivity index (χ3v) is 13.1. The summed E-state index contributed by atoms with van der Waals surface area (Å²) < 4.78 is 62.4. The molecule has 38 heavy (non-hydrogen) atoms. The fraction of sp³-hybridized carbons (Fsp3) is 0.786. The second-order valence-electron chi connectivity index (χ2n) is 11.6. The van der Waals surface area contributed by atoms with Gasteiger partial charge in [-0.05, 0) is 126 Å². The second kappa shape index (κ2) is 12.5. The highest BCUT2D eigenvalue weighted by atomic mass is 32.2. The van der Waals surface area contributed by atoms with E-state index >= 15 is 0 Å². The number of nitrogens with zero attached hydrogens (tertiary/aromatic N) is 3. The molecule has 3 fully saturated rings. The number of aryl methyl sites for hydroxylation is 1. The lowest BCUT2D eigenvalue weighted by Gasteiger charge is -2.34. The average molecular weight is 570 g/mol. The topological polar surface area (TPSA) is 87.2 Å². The van der Waals surface area contributed by atoms with Crippen LogP contribution in [0.1, 0.15) is 68.1 Å². The minimum Gasteiger partial charge on any atom is -0.496 e. The van der Waals surface area contributed by atoms with Crippen LogP contribution in [0.4, 0.5) is 0 Å². The van der Waals surface area contributed by atoms with Crippen molar-refractivity contribution >= 4 is 20.0 Å². The van der Waals surface area contributed by atoms with E-state index in [1.54, 1.807) is 21.8 Å². The highest BCUT2D eigenvalue weighted by molar-refractivity contribution is 7.89. The Labute approximate surface area is 230 Å². The van der Waals surface area contributed by atoms with Gasteiger partial charge in [0, 0.05) is 26.2 Å². The number of piperidine rings is 2.